The van der Waals surface area contributed by atoms with Gasteiger partial charge in [-0.1, -0.05) is 0 Å². The second-order valence-corrected chi connectivity index (χ2v) is 4.82. The number of allylic oxidation sites excluding steroid dienone is 1. The van der Waals surface area contributed by atoms with Gasteiger partial charge in [0.05, 0.1) is 6.07 Å². The van der Waals surface area contributed by atoms with E-state index in [1.807, 2.05) is 0 Å². The summed E-state index contributed by atoms with van der Waals surface area (Å²) < 4.78 is 5.17. The Bertz CT molecular complexity index is 634. The van der Waals surface area contributed by atoms with Crippen molar-refractivity contribution in [3.8, 4) is 0 Å². The van der Waals surface area contributed by atoms with Crippen molar-refractivity contribution in [3.63, 3.8) is 0 Å². The molecule has 0 spiro atoms. The van der Waals surface area contributed by atoms with Gasteiger partial charge in [-0.25, -0.2) is 0 Å². The molecule has 0 radical (unpaired) electrons. The number of nitro groups is 1. The number of hydrogen-bond donors (Lipinski definition) is 1. The van der Waals surface area contributed by atoms with Crippen molar-refractivity contribution >= 4 is 29.0 Å². The van der Waals surface area contributed by atoms with Crippen molar-refractivity contribution in [1.29, 1.82) is 0 Å². The van der Waals surface area contributed by atoms with Crippen molar-refractivity contribution in [2.75, 3.05) is 7.05 Å². The van der Waals surface area contributed by atoms with Crippen molar-refractivity contribution in [1.82, 2.24) is 10.2 Å². The Morgan fingerprint density at radius 1 is 1.55 bits per heavy atom. The second-order valence-electron chi connectivity index (χ2n) is 4.43. The van der Waals surface area contributed by atoms with E-state index in [1.165, 1.54) is 19.1 Å². The van der Waals surface area contributed by atoms with Crippen LogP contribution in [0.4, 0.5) is 5.88 Å². The number of carbonyl (C=O) groups is 1. The Hall–Kier alpha value is -2.22. The van der Waals surface area contributed by atoms with Gasteiger partial charge in [-0.15, -0.1) is 0 Å². The molecule has 0 aromatic carbocycles. The maximum atomic E-state index is 11.8. The van der Waals surface area contributed by atoms with E-state index in [1.54, 1.807) is 18.9 Å². The van der Waals surface area contributed by atoms with E-state index in [-0.39, 0.29) is 17.4 Å². The summed E-state index contributed by atoms with van der Waals surface area (Å²) in [7, 11) is 1.74. The molecular formula is C12H13N3O4S. The first kappa shape index (κ1) is 14.2. The Morgan fingerprint density at radius 2 is 2.20 bits per heavy atom. The van der Waals surface area contributed by atoms with Crippen molar-refractivity contribution in [2.45, 2.75) is 19.9 Å². The Morgan fingerprint density at radius 3 is 2.70 bits per heavy atom. The lowest BCUT2D eigenvalue weighted by Crippen LogP contribution is -2.45. The summed E-state index contributed by atoms with van der Waals surface area (Å²) in [4.78, 5) is 23.6. The molecule has 1 atom stereocenters. The molecule has 1 N–H and O–H groups in total. The monoisotopic (exact) mass is 295 g/mol. The molecule has 7 nitrogen and oxygen atoms in total. The SMILES string of the molecule is CC(=O)C1=C(C)N(C)C(=S)NC1c1ccc([N+](=O)[O-])o1. The molecule has 1 aromatic heterocycles. The van der Waals surface area contributed by atoms with Crippen molar-refractivity contribution in [3.05, 3.63) is 39.3 Å². The number of furan rings is 1. The molecule has 1 aromatic rings. The van der Waals surface area contributed by atoms with Gasteiger partial charge in [0.15, 0.2) is 10.9 Å². The summed E-state index contributed by atoms with van der Waals surface area (Å²) in [5.41, 5.74) is 1.18. The van der Waals surface area contributed by atoms with Crippen LogP contribution in [-0.4, -0.2) is 27.8 Å². The second kappa shape index (κ2) is 5.04. The fraction of sp³-hybridized carbons (Fsp3) is 0.333. The molecule has 0 fully saturated rings. The fourth-order valence-corrected chi connectivity index (χ4v) is 2.36. The number of thiocarbonyl (C=S) groups is 1. The summed E-state index contributed by atoms with van der Waals surface area (Å²) >= 11 is 5.17. The number of carbonyl (C=O) groups excluding carboxylic acids is 1. The van der Waals surface area contributed by atoms with E-state index in [2.05, 4.69) is 5.32 Å². The molecule has 2 rings (SSSR count). The standard InChI is InChI=1S/C12H13N3O4S/c1-6-10(7(2)16)11(13-12(20)14(6)3)8-4-5-9(19-8)15(17)18/h4-5,11H,1-3H3,(H,13,20). The van der Waals surface area contributed by atoms with Crippen LogP contribution in [0.15, 0.2) is 27.8 Å². The Labute approximate surface area is 120 Å². The molecule has 1 aliphatic heterocycles. The number of ketones is 1. The lowest BCUT2D eigenvalue weighted by Gasteiger charge is -2.34. The fourth-order valence-electron chi connectivity index (χ4n) is 2.10. The number of Topliss-reactive ketones (excluding diaryl/α,β-unsaturated/α-hetero) is 1. The van der Waals surface area contributed by atoms with Gasteiger partial charge in [0.1, 0.15) is 16.7 Å². The minimum Gasteiger partial charge on any atom is -0.403 e. The van der Waals surface area contributed by atoms with Crippen LogP contribution >= 0.6 is 12.2 Å². The van der Waals surface area contributed by atoms with Crippen LogP contribution in [0.1, 0.15) is 25.6 Å². The van der Waals surface area contributed by atoms with E-state index in [4.69, 9.17) is 16.6 Å². The van der Waals surface area contributed by atoms with Crippen LogP contribution < -0.4 is 5.32 Å². The maximum absolute atomic E-state index is 11.8. The molecule has 20 heavy (non-hydrogen) atoms. The maximum Gasteiger partial charge on any atom is 0.433 e. The van der Waals surface area contributed by atoms with Crippen molar-refractivity contribution < 1.29 is 14.1 Å². The molecule has 106 valence electrons. The first-order valence-electron chi connectivity index (χ1n) is 5.83. The van der Waals surface area contributed by atoms with Crippen LogP contribution in [-0.2, 0) is 4.79 Å². The molecule has 0 bridgehead atoms. The molecule has 0 saturated carbocycles. The average molecular weight is 295 g/mol. The van der Waals surface area contributed by atoms with Gasteiger partial charge in [-0.05, 0) is 32.1 Å². The first-order chi connectivity index (χ1) is 9.32. The van der Waals surface area contributed by atoms with Crippen LogP contribution in [0.25, 0.3) is 0 Å². The third kappa shape index (κ3) is 2.29. The van der Waals surface area contributed by atoms with Crippen molar-refractivity contribution in [2.24, 2.45) is 0 Å². The first-order valence-corrected chi connectivity index (χ1v) is 6.23. The Kier molecular flexibility index (Phi) is 3.58. The van der Waals surface area contributed by atoms with Gasteiger partial charge in [-0.2, -0.15) is 0 Å². The zero-order chi connectivity index (χ0) is 15.0. The summed E-state index contributed by atoms with van der Waals surface area (Å²) in [6.45, 7) is 3.21. The molecule has 8 heteroatoms. The lowest BCUT2D eigenvalue weighted by atomic mass is 9.97. The van der Waals surface area contributed by atoms with Gasteiger partial charge in [0.25, 0.3) is 0 Å². The largest absolute Gasteiger partial charge is 0.433 e. The average Bonchev–Trinajstić information content (AvgIpc) is 2.84. The highest BCUT2D eigenvalue weighted by Gasteiger charge is 2.33. The van der Waals surface area contributed by atoms with Gasteiger partial charge in [0.2, 0.25) is 0 Å². The molecule has 0 amide bonds. The van der Waals surface area contributed by atoms with Gasteiger partial charge in [-0.3, -0.25) is 14.9 Å². The topological polar surface area (TPSA) is 88.6 Å². The number of hydrogen-bond acceptors (Lipinski definition) is 5. The van der Waals surface area contributed by atoms with Gasteiger partial charge >= 0.3 is 5.88 Å². The van der Waals surface area contributed by atoms with E-state index >= 15 is 0 Å². The highest BCUT2D eigenvalue weighted by molar-refractivity contribution is 7.80. The van der Waals surface area contributed by atoms with Crippen LogP contribution in [0.2, 0.25) is 0 Å². The normalized spacial score (nSPS) is 19.1. The van der Waals surface area contributed by atoms with Gasteiger partial charge in [0, 0.05) is 18.3 Å². The van der Waals surface area contributed by atoms with Gasteiger partial charge < -0.3 is 14.6 Å². The summed E-state index contributed by atoms with van der Waals surface area (Å²) in [6.07, 6.45) is 0. The lowest BCUT2D eigenvalue weighted by molar-refractivity contribution is -0.402. The quantitative estimate of drug-likeness (QED) is 0.517. The minimum atomic E-state index is -0.624. The van der Waals surface area contributed by atoms with E-state index in [9.17, 15) is 14.9 Å². The van der Waals surface area contributed by atoms with Crippen LogP contribution in [0.5, 0.6) is 0 Å². The molecular weight excluding hydrogens is 282 g/mol. The minimum absolute atomic E-state index is 0.145. The molecule has 1 aliphatic rings. The predicted molar refractivity (Wildman–Crippen MR) is 75.0 cm³/mol. The highest BCUT2D eigenvalue weighted by atomic mass is 32.1. The van der Waals surface area contributed by atoms with E-state index in [0.29, 0.717) is 16.4 Å². The van der Waals surface area contributed by atoms with E-state index < -0.39 is 11.0 Å². The zero-order valence-corrected chi connectivity index (χ0v) is 12.0. The molecule has 2 heterocycles. The Balaban J connectivity index is 2.50. The highest BCUT2D eigenvalue weighted by Crippen LogP contribution is 2.32. The van der Waals surface area contributed by atoms with E-state index in [0.717, 1.165) is 0 Å². The van der Waals surface area contributed by atoms with Crippen LogP contribution in [0, 0.1) is 10.1 Å². The smallest absolute Gasteiger partial charge is 0.403 e. The predicted octanol–water partition coefficient (Wildman–Crippen LogP) is 1.91. The number of nitrogens with one attached hydrogen (secondary N) is 1. The summed E-state index contributed by atoms with van der Waals surface area (Å²) in [5.74, 6) is -0.225. The molecule has 0 aliphatic carbocycles. The third-order valence-electron chi connectivity index (χ3n) is 3.21. The number of rotatable bonds is 3. The summed E-state index contributed by atoms with van der Waals surface area (Å²) in [6, 6.07) is 2.12. The third-order valence-corrected chi connectivity index (χ3v) is 3.60. The number of nitrogens with zero attached hydrogens (tertiary/aromatic N) is 2. The zero-order valence-electron chi connectivity index (χ0n) is 11.2. The summed E-state index contributed by atoms with van der Waals surface area (Å²) in [5, 5.41) is 14.1. The van der Waals surface area contributed by atoms with Crippen LogP contribution in [0.3, 0.4) is 0 Å². The molecule has 0 saturated heterocycles. The molecule has 1 unspecified atom stereocenters.